The molecule has 0 unspecified atom stereocenters. The van der Waals surface area contributed by atoms with Crippen LogP contribution in [0.4, 0.5) is 5.13 Å². The molecule has 0 amide bonds. The Morgan fingerprint density at radius 2 is 2.12 bits per heavy atom. The lowest BCUT2D eigenvalue weighted by molar-refractivity contribution is 0.285. The highest BCUT2D eigenvalue weighted by Gasteiger charge is 2.21. The fraction of sp³-hybridized carbons (Fsp3) is 0.727. The van der Waals surface area contributed by atoms with E-state index in [9.17, 15) is 0 Å². The predicted octanol–water partition coefficient (Wildman–Crippen LogP) is 3.06. The zero-order valence-corrected chi connectivity index (χ0v) is 11.0. The van der Waals surface area contributed by atoms with Gasteiger partial charge in [0, 0.05) is 13.1 Å². The standard InChI is InChI=1S/C11H17ClN2OS/c1-14(8-5-3-2-4-6-8)11-13-10(12)9(7-15)16-11/h8,15H,2-7H2,1H3. The van der Waals surface area contributed by atoms with Crippen LogP contribution < -0.4 is 4.90 Å². The summed E-state index contributed by atoms with van der Waals surface area (Å²) in [5.74, 6) is 0. The average molecular weight is 261 g/mol. The predicted molar refractivity (Wildman–Crippen MR) is 68.3 cm³/mol. The molecular formula is C11H17ClN2OS. The summed E-state index contributed by atoms with van der Waals surface area (Å²) < 4.78 is 0. The highest BCUT2D eigenvalue weighted by molar-refractivity contribution is 7.16. The van der Waals surface area contributed by atoms with Crippen LogP contribution in [0, 0.1) is 0 Å². The van der Waals surface area contributed by atoms with E-state index in [0.717, 1.165) is 10.0 Å². The first-order chi connectivity index (χ1) is 7.72. The number of hydrogen-bond acceptors (Lipinski definition) is 4. The topological polar surface area (TPSA) is 36.4 Å². The Morgan fingerprint density at radius 3 is 2.69 bits per heavy atom. The minimum absolute atomic E-state index is 0.0188. The van der Waals surface area contributed by atoms with Crippen LogP contribution in [-0.2, 0) is 6.61 Å². The Bertz CT molecular complexity index is 350. The number of aromatic nitrogens is 1. The van der Waals surface area contributed by atoms with Crippen molar-refractivity contribution in [3.63, 3.8) is 0 Å². The number of halogens is 1. The quantitative estimate of drug-likeness (QED) is 0.908. The molecule has 1 N–H and O–H groups in total. The van der Waals surface area contributed by atoms with Gasteiger partial charge in [-0.1, -0.05) is 42.2 Å². The zero-order chi connectivity index (χ0) is 11.5. The van der Waals surface area contributed by atoms with Gasteiger partial charge in [0.05, 0.1) is 11.5 Å². The molecule has 2 rings (SSSR count). The van der Waals surface area contributed by atoms with Crippen molar-refractivity contribution >= 4 is 28.1 Å². The van der Waals surface area contributed by atoms with E-state index >= 15 is 0 Å². The first-order valence-corrected chi connectivity index (χ1v) is 6.90. The van der Waals surface area contributed by atoms with E-state index in [4.69, 9.17) is 16.7 Å². The van der Waals surface area contributed by atoms with E-state index in [-0.39, 0.29) is 6.61 Å². The molecule has 0 spiro atoms. The van der Waals surface area contributed by atoms with Gasteiger partial charge in [-0.3, -0.25) is 0 Å². The van der Waals surface area contributed by atoms with Gasteiger partial charge in [-0.15, -0.1) is 0 Å². The van der Waals surface area contributed by atoms with Crippen molar-refractivity contribution < 1.29 is 5.11 Å². The van der Waals surface area contributed by atoms with Gasteiger partial charge in [-0.05, 0) is 12.8 Å². The van der Waals surface area contributed by atoms with Crippen LogP contribution in [0.25, 0.3) is 0 Å². The molecule has 1 aliphatic carbocycles. The molecule has 3 nitrogen and oxygen atoms in total. The Balaban J connectivity index is 2.09. The largest absolute Gasteiger partial charge is 0.391 e. The second kappa shape index (κ2) is 5.34. The average Bonchev–Trinajstić information content (AvgIpc) is 2.71. The van der Waals surface area contributed by atoms with Gasteiger partial charge in [0.15, 0.2) is 5.13 Å². The smallest absolute Gasteiger partial charge is 0.187 e. The van der Waals surface area contributed by atoms with Crippen LogP contribution in [0.2, 0.25) is 5.15 Å². The van der Waals surface area contributed by atoms with Crippen molar-refractivity contribution in [3.8, 4) is 0 Å². The van der Waals surface area contributed by atoms with Gasteiger partial charge in [0.1, 0.15) is 5.15 Å². The molecule has 90 valence electrons. The summed E-state index contributed by atoms with van der Waals surface area (Å²) in [4.78, 5) is 7.29. The number of rotatable bonds is 3. The molecule has 5 heteroatoms. The SMILES string of the molecule is CN(c1nc(Cl)c(CO)s1)C1CCCCC1. The van der Waals surface area contributed by atoms with E-state index in [1.54, 1.807) is 0 Å². The summed E-state index contributed by atoms with van der Waals surface area (Å²) in [5.41, 5.74) is 0. The third-order valence-electron chi connectivity index (χ3n) is 3.21. The van der Waals surface area contributed by atoms with Gasteiger partial charge < -0.3 is 10.0 Å². The third kappa shape index (κ3) is 2.50. The Hall–Kier alpha value is -0.320. The second-order valence-electron chi connectivity index (χ2n) is 4.27. The van der Waals surface area contributed by atoms with Gasteiger partial charge in [-0.2, -0.15) is 0 Å². The monoisotopic (exact) mass is 260 g/mol. The number of hydrogen-bond donors (Lipinski definition) is 1. The first kappa shape index (κ1) is 12.1. The molecule has 1 fully saturated rings. The lowest BCUT2D eigenvalue weighted by atomic mass is 9.95. The van der Waals surface area contributed by atoms with Gasteiger partial charge in [0.2, 0.25) is 0 Å². The molecule has 0 saturated heterocycles. The molecule has 1 aromatic rings. The highest BCUT2D eigenvalue weighted by Crippen LogP contribution is 2.32. The second-order valence-corrected chi connectivity index (χ2v) is 5.69. The summed E-state index contributed by atoms with van der Waals surface area (Å²) in [6, 6.07) is 0.586. The summed E-state index contributed by atoms with van der Waals surface area (Å²) in [6.45, 7) is -0.0188. The van der Waals surface area contributed by atoms with Gasteiger partial charge in [-0.25, -0.2) is 4.98 Å². The lowest BCUT2D eigenvalue weighted by Crippen LogP contribution is -2.33. The van der Waals surface area contributed by atoms with Gasteiger partial charge >= 0.3 is 0 Å². The Kier molecular flexibility index (Phi) is 4.05. The summed E-state index contributed by atoms with van der Waals surface area (Å²) >= 11 is 7.43. The van der Waals surface area contributed by atoms with E-state index in [1.165, 1.54) is 43.4 Å². The van der Waals surface area contributed by atoms with Crippen LogP contribution >= 0.6 is 22.9 Å². The molecule has 1 saturated carbocycles. The van der Waals surface area contributed by atoms with Crippen molar-refractivity contribution in [1.82, 2.24) is 4.98 Å². The van der Waals surface area contributed by atoms with Crippen molar-refractivity contribution in [3.05, 3.63) is 10.0 Å². The summed E-state index contributed by atoms with van der Waals surface area (Å²) in [5, 5.41) is 10.5. The fourth-order valence-electron chi connectivity index (χ4n) is 2.19. The number of aliphatic hydroxyl groups excluding tert-OH is 1. The zero-order valence-electron chi connectivity index (χ0n) is 9.45. The molecule has 1 heterocycles. The van der Waals surface area contributed by atoms with E-state index in [0.29, 0.717) is 11.2 Å². The Morgan fingerprint density at radius 1 is 1.44 bits per heavy atom. The molecule has 0 radical (unpaired) electrons. The fourth-order valence-corrected chi connectivity index (χ4v) is 3.34. The maximum Gasteiger partial charge on any atom is 0.187 e. The van der Waals surface area contributed by atoms with Crippen LogP contribution in [-0.4, -0.2) is 23.2 Å². The van der Waals surface area contributed by atoms with E-state index < -0.39 is 0 Å². The van der Waals surface area contributed by atoms with Crippen LogP contribution in [0.3, 0.4) is 0 Å². The normalized spacial score (nSPS) is 17.7. The lowest BCUT2D eigenvalue weighted by Gasteiger charge is -2.30. The molecule has 1 aliphatic rings. The molecule has 0 aliphatic heterocycles. The summed E-state index contributed by atoms with van der Waals surface area (Å²) in [6.07, 6.45) is 6.44. The number of nitrogens with zero attached hydrogens (tertiary/aromatic N) is 2. The van der Waals surface area contributed by atoms with Crippen molar-refractivity contribution in [2.75, 3.05) is 11.9 Å². The minimum Gasteiger partial charge on any atom is -0.391 e. The Labute approximate surface area is 105 Å². The summed E-state index contributed by atoms with van der Waals surface area (Å²) in [7, 11) is 2.08. The highest BCUT2D eigenvalue weighted by atomic mass is 35.5. The van der Waals surface area contributed by atoms with Crippen LogP contribution in [0.1, 0.15) is 37.0 Å². The van der Waals surface area contributed by atoms with E-state index in [2.05, 4.69) is 16.9 Å². The van der Waals surface area contributed by atoms with Crippen LogP contribution in [0.15, 0.2) is 0 Å². The van der Waals surface area contributed by atoms with Crippen molar-refractivity contribution in [2.24, 2.45) is 0 Å². The van der Waals surface area contributed by atoms with Crippen LogP contribution in [0.5, 0.6) is 0 Å². The minimum atomic E-state index is -0.0188. The molecule has 0 bridgehead atoms. The number of thiazole rings is 1. The molecule has 0 atom stereocenters. The first-order valence-electron chi connectivity index (χ1n) is 5.71. The maximum atomic E-state index is 9.09. The van der Waals surface area contributed by atoms with Gasteiger partial charge in [0.25, 0.3) is 0 Å². The number of anilines is 1. The molecule has 16 heavy (non-hydrogen) atoms. The van der Waals surface area contributed by atoms with E-state index in [1.807, 2.05) is 0 Å². The van der Waals surface area contributed by atoms with Crippen molar-refractivity contribution in [1.29, 1.82) is 0 Å². The number of aliphatic hydroxyl groups is 1. The maximum absolute atomic E-state index is 9.09. The molecule has 0 aromatic carbocycles. The van der Waals surface area contributed by atoms with Crippen molar-refractivity contribution in [2.45, 2.75) is 44.8 Å². The molecule has 1 aromatic heterocycles. The third-order valence-corrected chi connectivity index (χ3v) is 4.76. The molecular weight excluding hydrogens is 244 g/mol.